The zero-order valence-corrected chi connectivity index (χ0v) is 12.4. The van der Waals surface area contributed by atoms with E-state index in [4.69, 9.17) is 4.74 Å². The molecule has 2 atom stereocenters. The van der Waals surface area contributed by atoms with Gasteiger partial charge in [-0.2, -0.15) is 0 Å². The van der Waals surface area contributed by atoms with E-state index < -0.39 is 5.97 Å². The van der Waals surface area contributed by atoms with Crippen molar-refractivity contribution in [3.63, 3.8) is 0 Å². The summed E-state index contributed by atoms with van der Waals surface area (Å²) in [6.07, 6.45) is 2.35. The number of aromatic carboxylic acids is 1. The maximum Gasteiger partial charge on any atom is 0.347 e. The standard InChI is InChI=1S/C13H20N2O3S/c1-8-5-4-6-15(9(8)2)13-14-10(7-18-3)11(19-13)12(16)17/h8-9H,4-7H2,1-3H3,(H,16,17). The second kappa shape index (κ2) is 5.88. The van der Waals surface area contributed by atoms with Gasteiger partial charge in [-0.3, -0.25) is 0 Å². The first-order chi connectivity index (χ1) is 9.04. The van der Waals surface area contributed by atoms with E-state index in [2.05, 4.69) is 23.7 Å². The molecule has 2 rings (SSSR count). The number of anilines is 1. The van der Waals surface area contributed by atoms with E-state index in [0.29, 0.717) is 22.5 Å². The Morgan fingerprint density at radius 2 is 2.32 bits per heavy atom. The van der Waals surface area contributed by atoms with Crippen molar-refractivity contribution in [1.29, 1.82) is 0 Å². The van der Waals surface area contributed by atoms with Crippen molar-refractivity contribution in [3.8, 4) is 0 Å². The molecule has 5 nitrogen and oxygen atoms in total. The first kappa shape index (κ1) is 14.3. The Morgan fingerprint density at radius 1 is 1.58 bits per heavy atom. The van der Waals surface area contributed by atoms with Crippen LogP contribution in [0, 0.1) is 5.92 Å². The molecule has 6 heteroatoms. The number of carboxylic acids is 1. The van der Waals surface area contributed by atoms with Crippen LogP contribution in [0.3, 0.4) is 0 Å². The molecule has 1 saturated heterocycles. The molecule has 1 aliphatic heterocycles. The zero-order valence-electron chi connectivity index (χ0n) is 11.5. The third-order valence-corrected chi connectivity index (χ3v) is 4.90. The smallest absolute Gasteiger partial charge is 0.347 e. The van der Waals surface area contributed by atoms with Gasteiger partial charge in [0.1, 0.15) is 4.88 Å². The van der Waals surface area contributed by atoms with Gasteiger partial charge in [0.25, 0.3) is 0 Å². The fraction of sp³-hybridized carbons (Fsp3) is 0.692. The molecule has 0 amide bonds. The highest BCUT2D eigenvalue weighted by Crippen LogP contribution is 2.33. The lowest BCUT2D eigenvalue weighted by Crippen LogP contribution is -2.42. The van der Waals surface area contributed by atoms with Crippen LogP contribution in [-0.4, -0.2) is 35.8 Å². The van der Waals surface area contributed by atoms with Gasteiger partial charge in [0.05, 0.1) is 12.3 Å². The maximum atomic E-state index is 11.2. The molecule has 1 fully saturated rings. The van der Waals surface area contributed by atoms with E-state index in [-0.39, 0.29) is 6.61 Å². The molecule has 1 aromatic rings. The van der Waals surface area contributed by atoms with Gasteiger partial charge < -0.3 is 14.7 Å². The Balaban J connectivity index is 2.29. The molecule has 0 saturated carbocycles. The summed E-state index contributed by atoms with van der Waals surface area (Å²) in [6, 6.07) is 0.400. The number of thiazole rings is 1. The Hall–Kier alpha value is -1.14. The summed E-state index contributed by atoms with van der Waals surface area (Å²) in [5.41, 5.74) is 0.528. The summed E-state index contributed by atoms with van der Waals surface area (Å²) in [5.74, 6) is -0.315. The number of nitrogens with zero attached hydrogens (tertiary/aromatic N) is 2. The summed E-state index contributed by atoms with van der Waals surface area (Å²) < 4.78 is 5.03. The van der Waals surface area contributed by atoms with Crippen molar-refractivity contribution >= 4 is 22.4 Å². The number of methoxy groups -OCH3 is 1. The number of hydrogen-bond donors (Lipinski definition) is 1. The molecule has 2 unspecified atom stereocenters. The Bertz CT molecular complexity index is 461. The zero-order chi connectivity index (χ0) is 14.0. The van der Waals surface area contributed by atoms with Crippen molar-refractivity contribution in [2.45, 2.75) is 39.3 Å². The summed E-state index contributed by atoms with van der Waals surface area (Å²) in [6.45, 7) is 5.61. The van der Waals surface area contributed by atoms with Crippen LogP contribution in [0.2, 0.25) is 0 Å². The summed E-state index contributed by atoms with van der Waals surface area (Å²) in [7, 11) is 1.55. The molecule has 2 heterocycles. The molecular weight excluding hydrogens is 264 g/mol. The maximum absolute atomic E-state index is 11.2. The van der Waals surface area contributed by atoms with Gasteiger partial charge in [-0.15, -0.1) is 0 Å². The quantitative estimate of drug-likeness (QED) is 0.921. The molecule has 0 radical (unpaired) electrons. The van der Waals surface area contributed by atoms with Crippen LogP contribution in [0.1, 0.15) is 42.1 Å². The topological polar surface area (TPSA) is 62.7 Å². The van der Waals surface area contributed by atoms with Crippen LogP contribution in [0.25, 0.3) is 0 Å². The molecule has 0 spiro atoms. The molecule has 1 aliphatic rings. The number of rotatable bonds is 4. The number of ether oxygens (including phenoxy) is 1. The van der Waals surface area contributed by atoms with Crippen LogP contribution in [0.4, 0.5) is 5.13 Å². The van der Waals surface area contributed by atoms with Crippen LogP contribution in [-0.2, 0) is 11.3 Å². The fourth-order valence-corrected chi connectivity index (χ4v) is 3.49. The van der Waals surface area contributed by atoms with Crippen molar-refractivity contribution < 1.29 is 14.6 Å². The van der Waals surface area contributed by atoms with Gasteiger partial charge in [0, 0.05) is 19.7 Å². The fourth-order valence-electron chi connectivity index (χ4n) is 2.47. The normalized spacial score (nSPS) is 23.6. The average molecular weight is 284 g/mol. The van der Waals surface area contributed by atoms with Crippen LogP contribution < -0.4 is 4.90 Å². The third kappa shape index (κ3) is 2.90. The molecular formula is C13H20N2O3S. The molecule has 1 N–H and O–H groups in total. The second-order valence-electron chi connectivity index (χ2n) is 5.06. The van der Waals surface area contributed by atoms with Gasteiger partial charge >= 0.3 is 5.97 Å². The SMILES string of the molecule is COCc1nc(N2CCCC(C)C2C)sc1C(=O)O. The summed E-state index contributed by atoms with van der Waals surface area (Å²) in [5, 5.41) is 10.0. The minimum atomic E-state index is -0.923. The minimum Gasteiger partial charge on any atom is -0.477 e. The minimum absolute atomic E-state index is 0.246. The van der Waals surface area contributed by atoms with E-state index >= 15 is 0 Å². The Labute approximate surface area is 117 Å². The molecule has 106 valence electrons. The largest absolute Gasteiger partial charge is 0.477 e. The van der Waals surface area contributed by atoms with Crippen LogP contribution in [0.5, 0.6) is 0 Å². The van der Waals surface area contributed by atoms with Gasteiger partial charge in [-0.1, -0.05) is 18.3 Å². The lowest BCUT2D eigenvalue weighted by molar-refractivity contribution is 0.0697. The highest BCUT2D eigenvalue weighted by atomic mass is 32.1. The number of carboxylic acid groups (broad SMARTS) is 1. The van der Waals surface area contributed by atoms with Crippen molar-refractivity contribution in [3.05, 3.63) is 10.6 Å². The second-order valence-corrected chi connectivity index (χ2v) is 6.04. The number of carbonyl (C=O) groups is 1. The van der Waals surface area contributed by atoms with E-state index in [1.54, 1.807) is 7.11 Å². The molecule has 0 bridgehead atoms. The Kier molecular flexibility index (Phi) is 4.42. The van der Waals surface area contributed by atoms with Crippen molar-refractivity contribution in [2.24, 2.45) is 5.92 Å². The third-order valence-electron chi connectivity index (χ3n) is 3.78. The first-order valence-electron chi connectivity index (χ1n) is 6.53. The van der Waals surface area contributed by atoms with Crippen LogP contribution >= 0.6 is 11.3 Å². The molecule has 0 aliphatic carbocycles. The van der Waals surface area contributed by atoms with E-state index in [0.717, 1.165) is 18.1 Å². The molecule has 0 aromatic carbocycles. The number of piperidine rings is 1. The van der Waals surface area contributed by atoms with E-state index in [9.17, 15) is 9.90 Å². The van der Waals surface area contributed by atoms with E-state index in [1.807, 2.05) is 0 Å². The van der Waals surface area contributed by atoms with Gasteiger partial charge in [0.2, 0.25) is 0 Å². The summed E-state index contributed by atoms with van der Waals surface area (Å²) in [4.78, 5) is 18.2. The number of hydrogen-bond acceptors (Lipinski definition) is 5. The Morgan fingerprint density at radius 3 is 2.95 bits per heavy atom. The average Bonchev–Trinajstić information content (AvgIpc) is 2.77. The molecule has 1 aromatic heterocycles. The lowest BCUT2D eigenvalue weighted by Gasteiger charge is -2.37. The highest BCUT2D eigenvalue weighted by Gasteiger charge is 2.28. The van der Waals surface area contributed by atoms with Crippen LogP contribution in [0.15, 0.2) is 0 Å². The summed E-state index contributed by atoms with van der Waals surface area (Å²) >= 11 is 1.26. The van der Waals surface area contributed by atoms with E-state index in [1.165, 1.54) is 17.8 Å². The van der Waals surface area contributed by atoms with Crippen molar-refractivity contribution in [2.75, 3.05) is 18.6 Å². The number of aromatic nitrogens is 1. The highest BCUT2D eigenvalue weighted by molar-refractivity contribution is 7.17. The predicted molar refractivity (Wildman–Crippen MR) is 75.0 cm³/mol. The van der Waals surface area contributed by atoms with Gasteiger partial charge in [-0.05, 0) is 25.7 Å². The van der Waals surface area contributed by atoms with Crippen molar-refractivity contribution in [1.82, 2.24) is 4.98 Å². The lowest BCUT2D eigenvalue weighted by atomic mass is 9.93. The monoisotopic (exact) mass is 284 g/mol. The van der Waals surface area contributed by atoms with Gasteiger partial charge in [0.15, 0.2) is 5.13 Å². The molecule has 19 heavy (non-hydrogen) atoms. The predicted octanol–water partition coefficient (Wildman–Crippen LogP) is 2.61. The first-order valence-corrected chi connectivity index (χ1v) is 7.34. The van der Waals surface area contributed by atoms with Gasteiger partial charge in [-0.25, -0.2) is 9.78 Å².